The Hall–Kier alpha value is -1.75. The van der Waals surface area contributed by atoms with Gasteiger partial charge in [0.1, 0.15) is 0 Å². The molecule has 0 spiro atoms. The van der Waals surface area contributed by atoms with Gasteiger partial charge in [0.25, 0.3) is 0 Å². The molecule has 0 unspecified atom stereocenters. The summed E-state index contributed by atoms with van der Waals surface area (Å²) >= 11 is 1.43. The molecule has 0 heterocycles. The van der Waals surface area contributed by atoms with E-state index in [1.807, 2.05) is 6.26 Å². The molecule has 5 heteroatoms. The number of rotatable bonds is 4. The molecular formula is C11H11NO3S. The van der Waals surface area contributed by atoms with E-state index in [9.17, 15) is 9.59 Å². The van der Waals surface area contributed by atoms with Gasteiger partial charge in [0, 0.05) is 11.8 Å². The van der Waals surface area contributed by atoms with E-state index < -0.39 is 5.97 Å². The highest BCUT2D eigenvalue weighted by atomic mass is 32.2. The maximum absolute atomic E-state index is 11.3. The van der Waals surface area contributed by atoms with Gasteiger partial charge in [-0.2, -0.15) is 0 Å². The van der Waals surface area contributed by atoms with Crippen molar-refractivity contribution in [1.82, 2.24) is 0 Å². The molecule has 1 aromatic rings. The van der Waals surface area contributed by atoms with Crippen molar-refractivity contribution >= 4 is 29.3 Å². The summed E-state index contributed by atoms with van der Waals surface area (Å²) in [6.45, 7) is 0. The normalized spacial score (nSPS) is 10.3. The summed E-state index contributed by atoms with van der Waals surface area (Å²) in [6, 6.07) is 5.98. The van der Waals surface area contributed by atoms with Crippen molar-refractivity contribution in [3.05, 3.63) is 41.3 Å². The van der Waals surface area contributed by atoms with Crippen LogP contribution in [0.4, 0.5) is 5.69 Å². The van der Waals surface area contributed by atoms with Gasteiger partial charge in [-0.05, 0) is 35.9 Å². The highest BCUT2D eigenvalue weighted by molar-refractivity contribution is 8.01. The standard InChI is InChI=1S/C11H11NO3S/c1-16-7-6-10(13)12-9-4-2-8(3-5-9)11(14)15/h2-7H,1H3,(H,12,13)(H,14,15)/b7-6+. The summed E-state index contributed by atoms with van der Waals surface area (Å²) in [5.41, 5.74) is 0.762. The number of aromatic carboxylic acids is 1. The maximum atomic E-state index is 11.3. The highest BCUT2D eigenvalue weighted by Gasteiger charge is 2.02. The molecule has 0 bridgehead atoms. The average Bonchev–Trinajstić information content (AvgIpc) is 2.27. The fraction of sp³-hybridized carbons (Fsp3) is 0.0909. The molecule has 0 radical (unpaired) electrons. The number of amides is 1. The Bertz CT molecular complexity index is 412. The summed E-state index contributed by atoms with van der Waals surface area (Å²) in [4.78, 5) is 21.8. The third kappa shape index (κ3) is 3.78. The number of carbonyl (C=O) groups is 2. The van der Waals surface area contributed by atoms with Gasteiger partial charge in [0.05, 0.1) is 5.56 Å². The zero-order valence-electron chi connectivity index (χ0n) is 8.64. The quantitative estimate of drug-likeness (QED) is 0.788. The number of hydrogen-bond acceptors (Lipinski definition) is 3. The number of benzene rings is 1. The minimum atomic E-state index is -0.986. The molecule has 16 heavy (non-hydrogen) atoms. The second kappa shape index (κ2) is 5.97. The average molecular weight is 237 g/mol. The van der Waals surface area contributed by atoms with Crippen molar-refractivity contribution in [3.63, 3.8) is 0 Å². The Morgan fingerprint density at radius 2 is 1.94 bits per heavy atom. The summed E-state index contributed by atoms with van der Waals surface area (Å²) in [5, 5.41) is 13.0. The van der Waals surface area contributed by atoms with E-state index in [1.165, 1.54) is 30.0 Å². The second-order valence-corrected chi connectivity index (χ2v) is 3.65. The molecule has 0 aliphatic carbocycles. The van der Waals surface area contributed by atoms with E-state index in [4.69, 9.17) is 5.11 Å². The van der Waals surface area contributed by atoms with Crippen molar-refractivity contribution < 1.29 is 14.7 Å². The van der Waals surface area contributed by atoms with Gasteiger partial charge < -0.3 is 10.4 Å². The molecule has 0 saturated heterocycles. The minimum Gasteiger partial charge on any atom is -0.478 e. The van der Waals surface area contributed by atoms with Gasteiger partial charge in [-0.1, -0.05) is 0 Å². The predicted molar refractivity (Wildman–Crippen MR) is 64.7 cm³/mol. The summed E-state index contributed by atoms with van der Waals surface area (Å²) in [6.07, 6.45) is 3.27. The molecule has 4 nitrogen and oxygen atoms in total. The number of thioether (sulfide) groups is 1. The largest absolute Gasteiger partial charge is 0.478 e. The molecule has 0 saturated carbocycles. The molecule has 0 atom stereocenters. The first kappa shape index (κ1) is 12.3. The van der Waals surface area contributed by atoms with E-state index in [2.05, 4.69) is 5.32 Å². The van der Waals surface area contributed by atoms with Gasteiger partial charge in [0.2, 0.25) is 5.91 Å². The lowest BCUT2D eigenvalue weighted by Gasteiger charge is -2.01. The fourth-order valence-electron chi connectivity index (χ4n) is 1.01. The van der Waals surface area contributed by atoms with Crippen molar-refractivity contribution in [1.29, 1.82) is 0 Å². The van der Waals surface area contributed by atoms with Crippen molar-refractivity contribution in [2.45, 2.75) is 0 Å². The maximum Gasteiger partial charge on any atom is 0.335 e. The zero-order valence-corrected chi connectivity index (χ0v) is 9.45. The van der Waals surface area contributed by atoms with Gasteiger partial charge in [-0.25, -0.2) is 4.79 Å². The lowest BCUT2D eigenvalue weighted by molar-refractivity contribution is -0.111. The topological polar surface area (TPSA) is 66.4 Å². The first-order valence-corrected chi connectivity index (χ1v) is 5.76. The fourth-order valence-corrected chi connectivity index (χ4v) is 1.27. The first-order valence-electron chi connectivity index (χ1n) is 4.47. The number of nitrogens with one attached hydrogen (secondary N) is 1. The number of hydrogen-bond donors (Lipinski definition) is 2. The van der Waals surface area contributed by atoms with Crippen molar-refractivity contribution in [3.8, 4) is 0 Å². The number of carboxylic acid groups (broad SMARTS) is 1. The molecular weight excluding hydrogens is 226 g/mol. The lowest BCUT2D eigenvalue weighted by Crippen LogP contribution is -2.07. The Balaban J connectivity index is 2.65. The van der Waals surface area contributed by atoms with Crippen LogP contribution in [-0.4, -0.2) is 23.2 Å². The van der Waals surface area contributed by atoms with E-state index in [1.54, 1.807) is 17.5 Å². The van der Waals surface area contributed by atoms with Crippen LogP contribution in [0, 0.1) is 0 Å². The van der Waals surface area contributed by atoms with Crippen LogP contribution < -0.4 is 5.32 Å². The van der Waals surface area contributed by atoms with Crippen LogP contribution in [0.1, 0.15) is 10.4 Å². The Morgan fingerprint density at radius 1 is 1.31 bits per heavy atom. The molecule has 1 amide bonds. The van der Waals surface area contributed by atoms with Crippen LogP contribution in [0.25, 0.3) is 0 Å². The van der Waals surface area contributed by atoms with Gasteiger partial charge in [-0.15, -0.1) is 11.8 Å². The van der Waals surface area contributed by atoms with Crippen LogP contribution in [-0.2, 0) is 4.79 Å². The molecule has 84 valence electrons. The minimum absolute atomic E-state index is 0.192. The SMILES string of the molecule is CS/C=C/C(=O)Nc1ccc(C(=O)O)cc1. The second-order valence-electron chi connectivity index (χ2n) is 2.91. The highest BCUT2D eigenvalue weighted by Crippen LogP contribution is 2.09. The summed E-state index contributed by atoms with van der Waals surface area (Å²) in [5.74, 6) is -1.22. The van der Waals surface area contributed by atoms with Gasteiger partial charge >= 0.3 is 5.97 Å². The zero-order chi connectivity index (χ0) is 12.0. The number of carboxylic acids is 1. The van der Waals surface area contributed by atoms with E-state index >= 15 is 0 Å². The molecule has 0 fully saturated rings. The van der Waals surface area contributed by atoms with Crippen LogP contribution in [0.3, 0.4) is 0 Å². The van der Waals surface area contributed by atoms with Crippen LogP contribution >= 0.6 is 11.8 Å². The van der Waals surface area contributed by atoms with Crippen LogP contribution in [0.2, 0.25) is 0 Å². The predicted octanol–water partition coefficient (Wildman–Crippen LogP) is 2.20. The number of carbonyl (C=O) groups excluding carboxylic acids is 1. The first-order chi connectivity index (χ1) is 7.63. The lowest BCUT2D eigenvalue weighted by atomic mass is 10.2. The van der Waals surface area contributed by atoms with E-state index in [0.29, 0.717) is 5.69 Å². The van der Waals surface area contributed by atoms with E-state index in [0.717, 1.165) is 0 Å². The molecule has 0 aromatic heterocycles. The van der Waals surface area contributed by atoms with Crippen LogP contribution in [0.15, 0.2) is 35.7 Å². The molecule has 0 aliphatic heterocycles. The van der Waals surface area contributed by atoms with Crippen molar-refractivity contribution in [2.75, 3.05) is 11.6 Å². The Kier molecular flexibility index (Phi) is 4.60. The third-order valence-electron chi connectivity index (χ3n) is 1.75. The third-order valence-corrected chi connectivity index (χ3v) is 2.16. The smallest absolute Gasteiger partial charge is 0.335 e. The molecule has 0 aliphatic rings. The van der Waals surface area contributed by atoms with Crippen LogP contribution in [0.5, 0.6) is 0 Å². The molecule has 1 rings (SSSR count). The molecule has 2 N–H and O–H groups in total. The monoisotopic (exact) mass is 237 g/mol. The molecule has 1 aromatic carbocycles. The summed E-state index contributed by atoms with van der Waals surface area (Å²) in [7, 11) is 0. The van der Waals surface area contributed by atoms with Gasteiger partial charge in [0.15, 0.2) is 0 Å². The van der Waals surface area contributed by atoms with Crippen molar-refractivity contribution in [2.24, 2.45) is 0 Å². The number of anilines is 1. The van der Waals surface area contributed by atoms with E-state index in [-0.39, 0.29) is 11.5 Å². The Morgan fingerprint density at radius 3 is 2.44 bits per heavy atom. The van der Waals surface area contributed by atoms with Gasteiger partial charge in [-0.3, -0.25) is 4.79 Å². The Labute approximate surface area is 97.4 Å². The summed E-state index contributed by atoms with van der Waals surface area (Å²) < 4.78 is 0.